The second-order valence-electron chi connectivity index (χ2n) is 4.15. The number of rotatable bonds is 12. The summed E-state index contributed by atoms with van der Waals surface area (Å²) in [6.45, 7) is 10.4. The molecule has 0 aromatic rings. The van der Waals surface area contributed by atoms with Crippen molar-refractivity contribution in [2.75, 3.05) is 40.0 Å². The first-order chi connectivity index (χ1) is 9.26. The molecule has 0 atom stereocenters. The molecule has 0 radical (unpaired) electrons. The van der Waals surface area contributed by atoms with E-state index >= 15 is 0 Å². The molecular formula is C13H34N2O3Si. The molecule has 0 saturated heterocycles. The molecule has 0 rings (SSSR count). The first-order valence-corrected chi connectivity index (χ1v) is 8.87. The van der Waals surface area contributed by atoms with Gasteiger partial charge in [-0.15, -0.1) is 0 Å². The summed E-state index contributed by atoms with van der Waals surface area (Å²) in [6.07, 6.45) is 4.15. The second-order valence-corrected chi connectivity index (χ2v) is 5.72. The summed E-state index contributed by atoms with van der Waals surface area (Å²) in [5, 5.41) is 2.99. The maximum atomic E-state index is 5.49. The Kier molecular flexibility index (Phi) is 22.8. The summed E-state index contributed by atoms with van der Waals surface area (Å²) in [6, 6.07) is 0. The van der Waals surface area contributed by atoms with Gasteiger partial charge in [-0.3, -0.25) is 0 Å². The van der Waals surface area contributed by atoms with E-state index in [4.69, 9.17) is 19.0 Å². The maximum Gasteiger partial charge on any atom is 0.484 e. The lowest BCUT2D eigenvalue weighted by Crippen LogP contribution is -2.28. The molecule has 0 unspecified atom stereocenters. The smallest absolute Gasteiger partial charge is 0.376 e. The van der Waals surface area contributed by atoms with Crippen molar-refractivity contribution in [1.82, 2.24) is 5.32 Å². The van der Waals surface area contributed by atoms with Gasteiger partial charge in [0.15, 0.2) is 0 Å². The molecule has 0 heterocycles. The van der Waals surface area contributed by atoms with E-state index < -0.39 is 9.53 Å². The summed E-state index contributed by atoms with van der Waals surface area (Å²) in [4.78, 5) is 0. The molecule has 0 saturated carbocycles. The molecule has 0 aromatic heterocycles. The molecule has 118 valence electrons. The zero-order valence-corrected chi connectivity index (χ0v) is 14.4. The molecular weight excluding hydrogens is 260 g/mol. The van der Waals surface area contributed by atoms with Crippen LogP contribution in [0.3, 0.4) is 0 Å². The van der Waals surface area contributed by atoms with Gasteiger partial charge >= 0.3 is 9.53 Å². The Morgan fingerprint density at radius 3 is 1.53 bits per heavy atom. The highest BCUT2D eigenvalue weighted by Crippen LogP contribution is 1.96. The topological polar surface area (TPSA) is 65.7 Å². The van der Waals surface area contributed by atoms with Crippen LogP contribution < -0.4 is 11.1 Å². The summed E-state index contributed by atoms with van der Waals surface area (Å²) >= 11 is 0. The number of nitrogens with two attached hydrogens (primary N) is 1. The third-order valence-electron chi connectivity index (χ3n) is 2.01. The molecule has 3 N–H and O–H groups in total. The van der Waals surface area contributed by atoms with Gasteiger partial charge in [-0.2, -0.15) is 0 Å². The third kappa shape index (κ3) is 20.5. The van der Waals surface area contributed by atoms with Crippen LogP contribution in [0.5, 0.6) is 0 Å². The van der Waals surface area contributed by atoms with E-state index in [1.54, 1.807) is 0 Å². The van der Waals surface area contributed by atoms with Crippen molar-refractivity contribution in [2.45, 2.75) is 46.5 Å². The van der Waals surface area contributed by atoms with Crippen LogP contribution in [0.1, 0.15) is 46.5 Å². The Morgan fingerprint density at radius 2 is 1.32 bits per heavy atom. The van der Waals surface area contributed by atoms with E-state index in [1.165, 1.54) is 0 Å². The molecule has 0 spiro atoms. The Morgan fingerprint density at radius 1 is 0.895 bits per heavy atom. The van der Waals surface area contributed by atoms with Crippen molar-refractivity contribution in [2.24, 2.45) is 5.73 Å². The number of hydrogen-bond acceptors (Lipinski definition) is 5. The van der Waals surface area contributed by atoms with Crippen LogP contribution in [0.25, 0.3) is 0 Å². The molecule has 0 aliphatic heterocycles. The highest BCUT2D eigenvalue weighted by molar-refractivity contribution is 6.36. The first kappa shape index (κ1) is 21.3. The summed E-state index contributed by atoms with van der Waals surface area (Å²) in [5.74, 6) is 0. The molecule has 0 aromatic carbocycles. The Bertz CT molecular complexity index is 131. The van der Waals surface area contributed by atoms with Crippen molar-refractivity contribution in [1.29, 1.82) is 0 Å². The lowest BCUT2D eigenvalue weighted by atomic mass is 10.4. The minimum absolute atomic E-state index is 0.754. The zero-order chi connectivity index (χ0) is 14.8. The van der Waals surface area contributed by atoms with Crippen molar-refractivity contribution in [3.63, 3.8) is 0 Å². The van der Waals surface area contributed by atoms with Gasteiger partial charge in [0.25, 0.3) is 0 Å². The first-order valence-electron chi connectivity index (χ1n) is 7.46. The average molecular weight is 295 g/mol. The minimum Gasteiger partial charge on any atom is -0.376 e. The summed E-state index contributed by atoms with van der Waals surface area (Å²) < 4.78 is 16.5. The largest absolute Gasteiger partial charge is 0.484 e. The predicted molar refractivity (Wildman–Crippen MR) is 83.5 cm³/mol. The predicted octanol–water partition coefficient (Wildman–Crippen LogP) is 1.54. The lowest BCUT2D eigenvalue weighted by Gasteiger charge is -2.15. The van der Waals surface area contributed by atoms with Gasteiger partial charge in [-0.25, -0.2) is 0 Å². The van der Waals surface area contributed by atoms with E-state index in [-0.39, 0.29) is 0 Å². The fraction of sp³-hybridized carbons (Fsp3) is 1.00. The van der Waals surface area contributed by atoms with E-state index in [9.17, 15) is 0 Å². The van der Waals surface area contributed by atoms with Crippen LogP contribution in [0, 0.1) is 0 Å². The van der Waals surface area contributed by atoms with Crippen LogP contribution in [0.2, 0.25) is 0 Å². The van der Waals surface area contributed by atoms with Crippen LogP contribution in [-0.2, 0) is 13.3 Å². The molecule has 6 heteroatoms. The average Bonchev–Trinajstić information content (AvgIpc) is 2.45. The van der Waals surface area contributed by atoms with Gasteiger partial charge < -0.3 is 24.3 Å². The Hall–Kier alpha value is 0.0169. The van der Waals surface area contributed by atoms with Crippen LogP contribution >= 0.6 is 0 Å². The van der Waals surface area contributed by atoms with Gasteiger partial charge in [0, 0.05) is 19.8 Å². The van der Waals surface area contributed by atoms with Gasteiger partial charge in [-0.05, 0) is 45.8 Å². The van der Waals surface area contributed by atoms with Crippen molar-refractivity contribution in [3.05, 3.63) is 0 Å². The molecule has 0 aliphatic rings. The highest BCUT2D eigenvalue weighted by Gasteiger charge is 2.13. The van der Waals surface area contributed by atoms with Crippen LogP contribution in [0.4, 0.5) is 0 Å². The molecule has 5 nitrogen and oxygen atoms in total. The quantitative estimate of drug-likeness (QED) is 0.422. The highest BCUT2D eigenvalue weighted by atomic mass is 28.3. The maximum absolute atomic E-state index is 5.49. The van der Waals surface area contributed by atoms with Gasteiger partial charge in [0.05, 0.1) is 0 Å². The van der Waals surface area contributed by atoms with E-state index in [1.807, 2.05) is 7.05 Å². The van der Waals surface area contributed by atoms with Crippen molar-refractivity contribution in [3.8, 4) is 0 Å². The molecule has 0 fully saturated rings. The van der Waals surface area contributed by atoms with Gasteiger partial charge in [-0.1, -0.05) is 20.8 Å². The van der Waals surface area contributed by atoms with Gasteiger partial charge in [0.1, 0.15) is 0 Å². The second kappa shape index (κ2) is 20.3. The Labute approximate surface area is 121 Å². The molecule has 19 heavy (non-hydrogen) atoms. The van der Waals surface area contributed by atoms with Crippen LogP contribution in [-0.4, -0.2) is 49.5 Å². The number of hydrogen-bond donors (Lipinski definition) is 2. The summed E-state index contributed by atoms with van der Waals surface area (Å²) in [5.41, 5.74) is 5.17. The molecule has 0 bridgehead atoms. The lowest BCUT2D eigenvalue weighted by molar-refractivity contribution is 0.0933. The zero-order valence-electron chi connectivity index (χ0n) is 13.2. The van der Waals surface area contributed by atoms with Crippen molar-refractivity contribution < 1.29 is 13.3 Å². The van der Waals surface area contributed by atoms with E-state index in [2.05, 4.69) is 26.1 Å². The summed E-state index contributed by atoms with van der Waals surface area (Å²) in [7, 11) is 0.140. The standard InChI is InChI=1S/C9H22O3Si.C4H12N2/c1-4-7-10-13(11-8-5-2)12-9-6-3;1-6-4-2-3-5/h13H,4-9H2,1-3H3;6H,2-5H2,1H3. The van der Waals surface area contributed by atoms with E-state index in [0.717, 1.165) is 58.6 Å². The monoisotopic (exact) mass is 294 g/mol. The van der Waals surface area contributed by atoms with E-state index in [0.29, 0.717) is 0 Å². The molecule has 0 aliphatic carbocycles. The van der Waals surface area contributed by atoms with Crippen molar-refractivity contribution >= 4 is 9.53 Å². The minimum atomic E-state index is -1.79. The molecule has 0 amide bonds. The fourth-order valence-corrected chi connectivity index (χ4v) is 2.64. The third-order valence-corrected chi connectivity index (χ3v) is 3.53. The normalized spacial score (nSPS) is 10.4. The Balaban J connectivity index is 0. The van der Waals surface area contributed by atoms with Gasteiger partial charge in [0.2, 0.25) is 0 Å². The number of nitrogens with one attached hydrogen (secondary N) is 1. The van der Waals surface area contributed by atoms with Crippen LogP contribution in [0.15, 0.2) is 0 Å². The SMILES string of the molecule is CCCO[SiH](OCCC)OCCC.CNCCCN. The fourth-order valence-electron chi connectivity index (χ4n) is 1.07.